The van der Waals surface area contributed by atoms with Gasteiger partial charge in [-0.15, -0.1) is 11.8 Å². The molecule has 0 spiro atoms. The first-order valence-corrected chi connectivity index (χ1v) is 6.06. The number of nitrogens with zero attached hydrogens (tertiary/aromatic N) is 2. The third-order valence-electron chi connectivity index (χ3n) is 2.29. The van der Waals surface area contributed by atoms with Crippen molar-refractivity contribution in [2.24, 2.45) is 7.05 Å². The molecule has 84 valence electrons. The molecule has 1 aromatic carbocycles. The molecular formula is C12H14N2OS. The maximum absolute atomic E-state index is 8.92. The van der Waals surface area contributed by atoms with Crippen LogP contribution in [-0.4, -0.2) is 14.9 Å². The van der Waals surface area contributed by atoms with Gasteiger partial charge in [0.2, 0.25) is 0 Å². The van der Waals surface area contributed by atoms with Crippen LogP contribution in [-0.2, 0) is 19.4 Å². The first-order valence-electron chi connectivity index (χ1n) is 5.08. The number of aliphatic hydroxyl groups is 1. The first kappa shape index (κ1) is 11.2. The van der Waals surface area contributed by atoms with Gasteiger partial charge in [-0.3, -0.25) is 4.68 Å². The Bertz CT molecular complexity index is 450. The van der Waals surface area contributed by atoms with E-state index in [0.717, 1.165) is 11.3 Å². The van der Waals surface area contributed by atoms with Crippen LogP contribution >= 0.6 is 11.8 Å². The van der Waals surface area contributed by atoms with E-state index < -0.39 is 0 Å². The molecule has 3 nitrogen and oxygen atoms in total. The summed E-state index contributed by atoms with van der Waals surface area (Å²) in [6, 6.07) is 8.02. The molecule has 0 amide bonds. The third kappa shape index (κ3) is 2.87. The number of aromatic nitrogens is 2. The van der Waals surface area contributed by atoms with Crippen LogP contribution in [0, 0.1) is 0 Å². The Kier molecular flexibility index (Phi) is 3.64. The third-order valence-corrected chi connectivity index (χ3v) is 3.31. The molecule has 0 aliphatic heterocycles. The number of benzene rings is 1. The van der Waals surface area contributed by atoms with Crippen LogP contribution in [0.1, 0.15) is 11.1 Å². The van der Waals surface area contributed by atoms with Gasteiger partial charge in [0.1, 0.15) is 0 Å². The van der Waals surface area contributed by atoms with Gasteiger partial charge in [0.25, 0.3) is 0 Å². The topological polar surface area (TPSA) is 38.0 Å². The highest BCUT2D eigenvalue weighted by Crippen LogP contribution is 2.21. The monoisotopic (exact) mass is 234 g/mol. The fraction of sp³-hybridized carbons (Fsp3) is 0.250. The zero-order chi connectivity index (χ0) is 11.4. The second-order valence-corrected chi connectivity index (χ2v) is 4.66. The smallest absolute Gasteiger partial charge is 0.0681 e. The van der Waals surface area contributed by atoms with Crippen molar-refractivity contribution in [3.8, 4) is 0 Å². The summed E-state index contributed by atoms with van der Waals surface area (Å²) in [5.74, 6) is 0.928. The van der Waals surface area contributed by atoms with Crippen LogP contribution in [0.3, 0.4) is 0 Å². The lowest BCUT2D eigenvalue weighted by molar-refractivity contribution is 0.282. The van der Waals surface area contributed by atoms with E-state index in [1.54, 1.807) is 16.4 Å². The first-order chi connectivity index (χ1) is 7.78. The number of aryl methyl sites for hydroxylation is 1. The van der Waals surface area contributed by atoms with Gasteiger partial charge in [-0.2, -0.15) is 5.10 Å². The van der Waals surface area contributed by atoms with Crippen LogP contribution in [0.25, 0.3) is 0 Å². The molecule has 0 saturated carbocycles. The van der Waals surface area contributed by atoms with Gasteiger partial charge in [0.05, 0.1) is 12.8 Å². The van der Waals surface area contributed by atoms with Crippen molar-refractivity contribution < 1.29 is 5.11 Å². The second kappa shape index (κ2) is 5.18. The molecule has 16 heavy (non-hydrogen) atoms. The molecule has 1 aromatic heterocycles. The van der Waals surface area contributed by atoms with Gasteiger partial charge in [0.15, 0.2) is 0 Å². The molecule has 0 aliphatic rings. The molecule has 0 aliphatic carbocycles. The van der Waals surface area contributed by atoms with Gasteiger partial charge >= 0.3 is 0 Å². The van der Waals surface area contributed by atoms with E-state index in [4.69, 9.17) is 5.11 Å². The Morgan fingerprint density at radius 2 is 1.94 bits per heavy atom. The maximum atomic E-state index is 8.92. The Hall–Kier alpha value is -1.26. The minimum absolute atomic E-state index is 0.107. The van der Waals surface area contributed by atoms with Gasteiger partial charge in [-0.1, -0.05) is 24.3 Å². The standard InChI is InChI=1S/C12H14N2OS/c1-14-7-12(6-13-14)16-9-11-4-2-10(8-15)3-5-11/h2-7,15H,8-9H2,1H3. The minimum atomic E-state index is 0.107. The van der Waals surface area contributed by atoms with Crippen molar-refractivity contribution in [2.45, 2.75) is 17.3 Å². The molecule has 0 atom stereocenters. The van der Waals surface area contributed by atoms with E-state index in [9.17, 15) is 0 Å². The van der Waals surface area contributed by atoms with Crippen molar-refractivity contribution in [1.82, 2.24) is 9.78 Å². The molecular weight excluding hydrogens is 220 g/mol. The molecule has 0 bridgehead atoms. The van der Waals surface area contributed by atoms with Crippen molar-refractivity contribution in [1.29, 1.82) is 0 Å². The zero-order valence-electron chi connectivity index (χ0n) is 9.13. The number of rotatable bonds is 4. The summed E-state index contributed by atoms with van der Waals surface area (Å²) in [5, 5.41) is 13.0. The number of hydrogen-bond acceptors (Lipinski definition) is 3. The van der Waals surface area contributed by atoms with Crippen molar-refractivity contribution >= 4 is 11.8 Å². The minimum Gasteiger partial charge on any atom is -0.392 e. The number of thioether (sulfide) groups is 1. The van der Waals surface area contributed by atoms with E-state index in [0.29, 0.717) is 0 Å². The van der Waals surface area contributed by atoms with Gasteiger partial charge < -0.3 is 5.11 Å². The highest BCUT2D eigenvalue weighted by atomic mass is 32.2. The number of aliphatic hydroxyl groups excluding tert-OH is 1. The zero-order valence-corrected chi connectivity index (χ0v) is 9.94. The van der Waals surface area contributed by atoms with Crippen molar-refractivity contribution in [3.05, 3.63) is 47.8 Å². The Morgan fingerprint density at radius 1 is 1.25 bits per heavy atom. The van der Waals surface area contributed by atoms with E-state index in [1.807, 2.05) is 31.6 Å². The summed E-state index contributed by atoms with van der Waals surface area (Å²) in [6.07, 6.45) is 3.87. The van der Waals surface area contributed by atoms with Gasteiger partial charge in [0, 0.05) is 23.9 Å². The molecule has 0 fully saturated rings. The largest absolute Gasteiger partial charge is 0.392 e. The lowest BCUT2D eigenvalue weighted by atomic mass is 10.2. The summed E-state index contributed by atoms with van der Waals surface area (Å²) in [4.78, 5) is 1.17. The van der Waals surface area contributed by atoms with Crippen molar-refractivity contribution in [2.75, 3.05) is 0 Å². The summed E-state index contributed by atoms with van der Waals surface area (Å²) in [6.45, 7) is 0.107. The highest BCUT2D eigenvalue weighted by molar-refractivity contribution is 7.98. The Morgan fingerprint density at radius 3 is 2.50 bits per heavy atom. The molecule has 2 rings (SSSR count). The van der Waals surface area contributed by atoms with Crippen LogP contribution in [0.4, 0.5) is 0 Å². The molecule has 0 unspecified atom stereocenters. The average molecular weight is 234 g/mol. The SMILES string of the molecule is Cn1cc(SCc2ccc(CO)cc2)cn1. The molecule has 1 heterocycles. The van der Waals surface area contributed by atoms with E-state index >= 15 is 0 Å². The normalized spacial score (nSPS) is 10.6. The Labute approximate surface area is 99.1 Å². The van der Waals surface area contributed by atoms with E-state index in [-0.39, 0.29) is 6.61 Å². The van der Waals surface area contributed by atoms with Gasteiger partial charge in [-0.25, -0.2) is 0 Å². The molecule has 4 heteroatoms. The summed E-state index contributed by atoms with van der Waals surface area (Å²) in [7, 11) is 1.92. The molecule has 2 aromatic rings. The van der Waals surface area contributed by atoms with Crippen LogP contribution in [0.2, 0.25) is 0 Å². The highest BCUT2D eigenvalue weighted by Gasteiger charge is 1.98. The lowest BCUT2D eigenvalue weighted by Gasteiger charge is -2.01. The quantitative estimate of drug-likeness (QED) is 0.824. The van der Waals surface area contributed by atoms with Crippen LogP contribution < -0.4 is 0 Å². The molecule has 0 radical (unpaired) electrons. The Balaban J connectivity index is 1.94. The number of hydrogen-bond donors (Lipinski definition) is 1. The van der Waals surface area contributed by atoms with Crippen molar-refractivity contribution in [3.63, 3.8) is 0 Å². The molecule has 0 saturated heterocycles. The van der Waals surface area contributed by atoms with Gasteiger partial charge in [-0.05, 0) is 11.1 Å². The van der Waals surface area contributed by atoms with E-state index in [2.05, 4.69) is 17.2 Å². The van der Waals surface area contributed by atoms with E-state index in [1.165, 1.54) is 10.5 Å². The summed E-state index contributed by atoms with van der Waals surface area (Å²) in [5.41, 5.74) is 2.21. The fourth-order valence-corrected chi connectivity index (χ4v) is 2.26. The summed E-state index contributed by atoms with van der Waals surface area (Å²) < 4.78 is 1.80. The second-order valence-electron chi connectivity index (χ2n) is 3.61. The predicted octanol–water partition coefficient (Wildman–Crippen LogP) is 2.20. The fourth-order valence-electron chi connectivity index (χ4n) is 1.38. The molecule has 1 N–H and O–H groups in total. The maximum Gasteiger partial charge on any atom is 0.0681 e. The predicted molar refractivity (Wildman–Crippen MR) is 65.1 cm³/mol. The van der Waals surface area contributed by atoms with Crippen LogP contribution in [0.15, 0.2) is 41.6 Å². The lowest BCUT2D eigenvalue weighted by Crippen LogP contribution is -1.85. The van der Waals surface area contributed by atoms with Crippen LogP contribution in [0.5, 0.6) is 0 Å². The average Bonchev–Trinajstić information content (AvgIpc) is 2.73. The summed E-state index contributed by atoms with van der Waals surface area (Å²) >= 11 is 1.76.